The Kier molecular flexibility index (Phi) is 5.55. The summed E-state index contributed by atoms with van der Waals surface area (Å²) in [6.45, 7) is 6.78. The maximum atomic E-state index is 12.8. The van der Waals surface area contributed by atoms with Gasteiger partial charge < -0.3 is 19.5 Å². The van der Waals surface area contributed by atoms with Crippen LogP contribution in [0.25, 0.3) is 0 Å². The quantitative estimate of drug-likeness (QED) is 0.524. The fraction of sp³-hybridized carbons (Fsp3) is 0.500. The standard InChI is InChI=1S/C22H26N2O5S/c1-14(2)10-27-11-16-9-22(18(25)28-16)13-21(3,29-19(22)26)17-12-30-20(24-17)23-15-7-5-4-6-8-15/h4-8,12,14,16H,9-11,13H2,1-3H3,(H,23,24)/t16-,21+,22+/m1/s1. The van der Waals surface area contributed by atoms with Crippen molar-refractivity contribution in [3.8, 4) is 0 Å². The molecule has 0 bridgehead atoms. The molecule has 0 radical (unpaired) electrons. The lowest BCUT2D eigenvalue weighted by molar-refractivity contribution is -0.160. The summed E-state index contributed by atoms with van der Waals surface area (Å²) in [6, 6.07) is 9.72. The summed E-state index contributed by atoms with van der Waals surface area (Å²) >= 11 is 1.43. The van der Waals surface area contributed by atoms with Crippen molar-refractivity contribution in [1.29, 1.82) is 0 Å². The summed E-state index contributed by atoms with van der Waals surface area (Å²) in [7, 11) is 0. The van der Waals surface area contributed by atoms with Gasteiger partial charge in [0.25, 0.3) is 0 Å². The minimum Gasteiger partial charge on any atom is -0.459 e. The maximum Gasteiger partial charge on any atom is 0.324 e. The topological polar surface area (TPSA) is 86.8 Å². The van der Waals surface area contributed by atoms with Crippen molar-refractivity contribution in [1.82, 2.24) is 4.98 Å². The van der Waals surface area contributed by atoms with Crippen LogP contribution in [0.4, 0.5) is 10.8 Å². The Morgan fingerprint density at radius 1 is 1.27 bits per heavy atom. The Labute approximate surface area is 179 Å². The maximum absolute atomic E-state index is 12.8. The highest BCUT2D eigenvalue weighted by Crippen LogP contribution is 2.52. The van der Waals surface area contributed by atoms with Crippen molar-refractivity contribution in [2.24, 2.45) is 11.3 Å². The fourth-order valence-electron chi connectivity index (χ4n) is 3.97. The Morgan fingerprint density at radius 2 is 2.03 bits per heavy atom. The van der Waals surface area contributed by atoms with Crippen LogP contribution in [0, 0.1) is 11.3 Å². The molecule has 3 heterocycles. The van der Waals surface area contributed by atoms with E-state index in [0.29, 0.717) is 23.4 Å². The van der Waals surface area contributed by atoms with Gasteiger partial charge in [-0.1, -0.05) is 32.0 Å². The van der Waals surface area contributed by atoms with Crippen LogP contribution in [0.1, 0.15) is 39.3 Å². The van der Waals surface area contributed by atoms with Gasteiger partial charge in [0.2, 0.25) is 0 Å². The number of carbonyl (C=O) groups is 2. The first-order valence-electron chi connectivity index (χ1n) is 10.1. The van der Waals surface area contributed by atoms with Crippen LogP contribution in [0.3, 0.4) is 0 Å². The zero-order chi connectivity index (χ0) is 21.4. The number of anilines is 2. The van der Waals surface area contributed by atoms with E-state index in [1.807, 2.05) is 35.7 Å². The van der Waals surface area contributed by atoms with E-state index in [1.54, 1.807) is 6.92 Å². The molecule has 160 valence electrons. The number of hydrogen-bond acceptors (Lipinski definition) is 8. The van der Waals surface area contributed by atoms with Gasteiger partial charge in [0.05, 0.1) is 12.3 Å². The van der Waals surface area contributed by atoms with E-state index in [-0.39, 0.29) is 19.4 Å². The number of rotatable bonds is 7. The van der Waals surface area contributed by atoms with Gasteiger partial charge in [0, 0.05) is 30.5 Å². The predicted octanol–water partition coefficient (Wildman–Crippen LogP) is 4.02. The lowest BCUT2D eigenvalue weighted by Gasteiger charge is -2.20. The molecule has 1 N–H and O–H groups in total. The molecular weight excluding hydrogens is 404 g/mol. The highest BCUT2D eigenvalue weighted by molar-refractivity contribution is 7.13. The predicted molar refractivity (Wildman–Crippen MR) is 112 cm³/mol. The molecule has 4 rings (SSSR count). The Bertz CT molecular complexity index is 931. The number of thiazole rings is 1. The molecule has 1 aromatic heterocycles. The molecule has 3 atom stereocenters. The van der Waals surface area contributed by atoms with Gasteiger partial charge in [0.15, 0.2) is 16.1 Å². The smallest absolute Gasteiger partial charge is 0.324 e. The van der Waals surface area contributed by atoms with Crippen LogP contribution in [0.5, 0.6) is 0 Å². The monoisotopic (exact) mass is 430 g/mol. The first-order chi connectivity index (χ1) is 14.3. The van der Waals surface area contributed by atoms with Gasteiger partial charge in [-0.15, -0.1) is 11.3 Å². The van der Waals surface area contributed by atoms with E-state index in [0.717, 1.165) is 5.69 Å². The number of hydrogen-bond donors (Lipinski definition) is 1. The first-order valence-corrected chi connectivity index (χ1v) is 11.0. The van der Waals surface area contributed by atoms with Crippen LogP contribution in [0.15, 0.2) is 35.7 Å². The van der Waals surface area contributed by atoms with E-state index < -0.39 is 29.1 Å². The average molecular weight is 431 g/mol. The second-order valence-electron chi connectivity index (χ2n) is 8.57. The van der Waals surface area contributed by atoms with Crippen LogP contribution >= 0.6 is 11.3 Å². The number of aromatic nitrogens is 1. The summed E-state index contributed by atoms with van der Waals surface area (Å²) in [5.41, 5.74) is -0.704. The van der Waals surface area contributed by atoms with Gasteiger partial charge in [-0.2, -0.15) is 0 Å². The molecule has 30 heavy (non-hydrogen) atoms. The molecule has 1 aromatic carbocycles. The van der Waals surface area contributed by atoms with Crippen LogP contribution in [-0.2, 0) is 29.4 Å². The van der Waals surface area contributed by atoms with Gasteiger partial charge in [0.1, 0.15) is 6.10 Å². The largest absolute Gasteiger partial charge is 0.459 e. The van der Waals surface area contributed by atoms with Gasteiger partial charge in [-0.3, -0.25) is 9.59 Å². The van der Waals surface area contributed by atoms with E-state index in [2.05, 4.69) is 24.1 Å². The third kappa shape index (κ3) is 3.94. The first kappa shape index (κ1) is 20.8. The van der Waals surface area contributed by atoms with Crippen molar-refractivity contribution in [3.63, 3.8) is 0 Å². The number of nitrogens with zero attached hydrogens (tertiary/aromatic N) is 1. The van der Waals surface area contributed by atoms with E-state index in [1.165, 1.54) is 11.3 Å². The molecule has 2 aliphatic rings. The second-order valence-corrected chi connectivity index (χ2v) is 9.43. The van der Waals surface area contributed by atoms with Crippen molar-refractivity contribution >= 4 is 34.1 Å². The van der Waals surface area contributed by atoms with Crippen LogP contribution in [-0.4, -0.2) is 36.2 Å². The number of esters is 2. The van der Waals surface area contributed by atoms with Gasteiger partial charge in [-0.05, 0) is 25.0 Å². The summed E-state index contributed by atoms with van der Waals surface area (Å²) in [6.07, 6.45) is 0.0571. The summed E-state index contributed by atoms with van der Waals surface area (Å²) in [4.78, 5) is 30.1. The molecule has 0 saturated carbocycles. The lowest BCUT2D eigenvalue weighted by atomic mass is 9.78. The van der Waals surface area contributed by atoms with Crippen LogP contribution in [0.2, 0.25) is 0 Å². The molecule has 0 aliphatic carbocycles. The molecule has 7 nitrogen and oxygen atoms in total. The van der Waals surface area contributed by atoms with Gasteiger partial charge >= 0.3 is 11.9 Å². The molecule has 8 heteroatoms. The Hall–Kier alpha value is -2.45. The number of ether oxygens (including phenoxy) is 3. The molecule has 0 unspecified atom stereocenters. The summed E-state index contributed by atoms with van der Waals surface area (Å²) in [5.74, 6) is -0.668. The molecule has 2 aromatic rings. The number of benzene rings is 1. The molecule has 0 amide bonds. The minimum absolute atomic E-state index is 0.215. The molecule has 2 aliphatic heterocycles. The SMILES string of the molecule is CC(C)COC[C@H]1C[C@]2(C[C@@](C)(c3csc(Nc4ccccc4)n3)OC2=O)C(=O)O1. The average Bonchev–Trinajstić information content (AvgIpc) is 3.35. The fourth-order valence-corrected chi connectivity index (χ4v) is 4.82. The number of carbonyl (C=O) groups excluding carboxylic acids is 2. The van der Waals surface area contributed by atoms with E-state index >= 15 is 0 Å². The highest BCUT2D eigenvalue weighted by atomic mass is 32.1. The normalized spacial score (nSPS) is 28.2. The Morgan fingerprint density at radius 3 is 2.77 bits per heavy atom. The number of nitrogens with one attached hydrogen (secondary N) is 1. The highest BCUT2D eigenvalue weighted by Gasteiger charge is 2.65. The summed E-state index contributed by atoms with van der Waals surface area (Å²) < 4.78 is 16.8. The molecule has 1 spiro atoms. The molecule has 2 fully saturated rings. The van der Waals surface area contributed by atoms with E-state index in [4.69, 9.17) is 14.2 Å². The van der Waals surface area contributed by atoms with Crippen molar-refractivity contribution < 1.29 is 23.8 Å². The van der Waals surface area contributed by atoms with Gasteiger partial charge in [-0.25, -0.2) is 4.98 Å². The third-order valence-corrected chi connectivity index (χ3v) is 6.17. The Balaban J connectivity index is 1.46. The summed E-state index contributed by atoms with van der Waals surface area (Å²) in [5, 5.41) is 5.80. The zero-order valence-corrected chi connectivity index (χ0v) is 18.2. The number of cyclic esters (lactones) is 2. The van der Waals surface area contributed by atoms with Crippen LogP contribution < -0.4 is 5.32 Å². The molecular formula is C22H26N2O5S. The zero-order valence-electron chi connectivity index (χ0n) is 17.3. The van der Waals surface area contributed by atoms with Crippen molar-refractivity contribution in [2.45, 2.75) is 45.3 Å². The second kappa shape index (κ2) is 8.00. The molecule has 2 saturated heterocycles. The number of para-hydroxylation sites is 1. The van der Waals surface area contributed by atoms with Crippen molar-refractivity contribution in [3.05, 3.63) is 41.4 Å². The lowest BCUT2D eigenvalue weighted by Crippen LogP contribution is -2.32. The van der Waals surface area contributed by atoms with E-state index in [9.17, 15) is 9.59 Å². The minimum atomic E-state index is -1.28. The van der Waals surface area contributed by atoms with Crippen molar-refractivity contribution in [2.75, 3.05) is 18.5 Å². The third-order valence-electron chi connectivity index (χ3n) is 5.41.